The van der Waals surface area contributed by atoms with Gasteiger partial charge in [-0.1, -0.05) is 31.4 Å². The van der Waals surface area contributed by atoms with Crippen molar-refractivity contribution in [3.63, 3.8) is 0 Å². The van der Waals surface area contributed by atoms with Crippen molar-refractivity contribution >= 4 is 22.6 Å². The number of aromatic hydroxyl groups is 1. The van der Waals surface area contributed by atoms with Gasteiger partial charge in [-0.15, -0.1) is 0 Å². The predicted molar refractivity (Wildman–Crippen MR) is 91.3 cm³/mol. The molecule has 2 aromatic carbocycles. The number of aromatic nitrogens is 2. The third-order valence-electron chi connectivity index (χ3n) is 4.00. The Balaban J connectivity index is 2.21. The van der Waals surface area contributed by atoms with Crippen LogP contribution < -0.4 is 0 Å². The summed E-state index contributed by atoms with van der Waals surface area (Å²) >= 11 is 5.87. The molecule has 0 amide bonds. The molecule has 0 aliphatic carbocycles. The highest BCUT2D eigenvalue weighted by atomic mass is 35.5. The van der Waals surface area contributed by atoms with E-state index in [9.17, 15) is 13.9 Å². The van der Waals surface area contributed by atoms with Crippen molar-refractivity contribution in [2.24, 2.45) is 0 Å². The molecule has 1 N–H and O–H groups in total. The van der Waals surface area contributed by atoms with Crippen LogP contribution in [0.1, 0.15) is 26.2 Å². The quantitative estimate of drug-likeness (QED) is 0.614. The van der Waals surface area contributed by atoms with Crippen molar-refractivity contribution in [2.75, 3.05) is 0 Å². The molecule has 3 rings (SSSR count). The monoisotopic (exact) mass is 350 g/mol. The molecule has 126 valence electrons. The van der Waals surface area contributed by atoms with E-state index in [4.69, 9.17) is 11.6 Å². The fraction of sp³-hybridized carbons (Fsp3) is 0.278. The second kappa shape index (κ2) is 6.77. The molecule has 0 aliphatic heterocycles. The summed E-state index contributed by atoms with van der Waals surface area (Å²) in [6, 6.07) is 7.28. The Morgan fingerprint density at radius 2 is 1.96 bits per heavy atom. The maximum Gasteiger partial charge on any atom is 0.186 e. The fourth-order valence-corrected chi connectivity index (χ4v) is 2.95. The van der Waals surface area contributed by atoms with E-state index in [0.29, 0.717) is 28.5 Å². The van der Waals surface area contributed by atoms with Gasteiger partial charge in [0.1, 0.15) is 17.1 Å². The van der Waals surface area contributed by atoms with Crippen molar-refractivity contribution in [1.29, 1.82) is 0 Å². The number of aryl methyl sites for hydroxylation is 1. The van der Waals surface area contributed by atoms with Crippen LogP contribution in [0.25, 0.3) is 22.4 Å². The number of phenols is 1. The van der Waals surface area contributed by atoms with Crippen LogP contribution in [0, 0.1) is 11.6 Å². The third kappa shape index (κ3) is 2.96. The van der Waals surface area contributed by atoms with Gasteiger partial charge in [-0.05, 0) is 36.8 Å². The number of benzene rings is 2. The molecule has 0 aliphatic rings. The molecule has 0 spiro atoms. The second-order valence-corrected chi connectivity index (χ2v) is 6.12. The Bertz CT molecular complexity index is 892. The van der Waals surface area contributed by atoms with Crippen LogP contribution >= 0.6 is 11.6 Å². The van der Waals surface area contributed by atoms with E-state index in [1.165, 1.54) is 12.1 Å². The minimum atomic E-state index is -0.976. The van der Waals surface area contributed by atoms with Gasteiger partial charge >= 0.3 is 0 Å². The molecule has 1 heterocycles. The van der Waals surface area contributed by atoms with E-state index in [2.05, 4.69) is 11.9 Å². The summed E-state index contributed by atoms with van der Waals surface area (Å²) in [4.78, 5) is 4.26. The van der Waals surface area contributed by atoms with E-state index < -0.39 is 11.6 Å². The van der Waals surface area contributed by atoms with Crippen molar-refractivity contribution in [3.05, 3.63) is 47.0 Å². The zero-order chi connectivity index (χ0) is 17.3. The first-order valence-corrected chi connectivity index (χ1v) is 8.23. The van der Waals surface area contributed by atoms with Gasteiger partial charge in [0, 0.05) is 11.6 Å². The normalized spacial score (nSPS) is 11.3. The largest absolute Gasteiger partial charge is 0.507 e. The molecule has 0 radical (unpaired) electrons. The summed E-state index contributed by atoms with van der Waals surface area (Å²) in [5.74, 6) is -1.56. The first-order chi connectivity index (χ1) is 11.5. The molecule has 3 nitrogen and oxygen atoms in total. The lowest BCUT2D eigenvalue weighted by Gasteiger charge is -2.10. The molecule has 0 atom stereocenters. The number of phenolic OH excluding ortho intramolecular Hbond substituents is 1. The lowest BCUT2D eigenvalue weighted by Crippen LogP contribution is -2.01. The summed E-state index contributed by atoms with van der Waals surface area (Å²) in [6.45, 7) is 2.69. The van der Waals surface area contributed by atoms with E-state index in [1.54, 1.807) is 12.1 Å². The average Bonchev–Trinajstić information content (AvgIpc) is 2.91. The number of hydrogen-bond acceptors (Lipinski definition) is 2. The SMILES string of the molecule is CCCCCn1c(-c2ccc(Cl)cc2O)nc2c(F)c(F)ccc21. The molecule has 0 bridgehead atoms. The number of unbranched alkanes of at least 4 members (excludes halogenated alkanes) is 2. The highest BCUT2D eigenvalue weighted by Gasteiger charge is 2.19. The Labute approximate surface area is 143 Å². The first kappa shape index (κ1) is 16.7. The Kier molecular flexibility index (Phi) is 4.71. The minimum absolute atomic E-state index is 0.0316. The summed E-state index contributed by atoms with van der Waals surface area (Å²) in [5.41, 5.74) is 0.914. The second-order valence-electron chi connectivity index (χ2n) is 5.68. The van der Waals surface area contributed by atoms with Crippen LogP contribution in [-0.2, 0) is 6.54 Å². The van der Waals surface area contributed by atoms with Gasteiger partial charge in [0.05, 0.1) is 11.1 Å². The molecule has 0 fully saturated rings. The topological polar surface area (TPSA) is 38.0 Å². The predicted octanol–water partition coefficient (Wildman–Crippen LogP) is 5.53. The van der Waals surface area contributed by atoms with Crippen LogP contribution in [0.15, 0.2) is 30.3 Å². The van der Waals surface area contributed by atoms with Crippen LogP contribution in [0.5, 0.6) is 5.75 Å². The molecule has 0 unspecified atom stereocenters. The Morgan fingerprint density at radius 1 is 1.17 bits per heavy atom. The van der Waals surface area contributed by atoms with Crippen molar-refractivity contribution in [1.82, 2.24) is 9.55 Å². The molecule has 1 aromatic heterocycles. The summed E-state index contributed by atoms with van der Waals surface area (Å²) in [7, 11) is 0. The number of rotatable bonds is 5. The lowest BCUT2D eigenvalue weighted by atomic mass is 10.2. The number of nitrogens with zero attached hydrogens (tertiary/aromatic N) is 2. The van der Waals surface area contributed by atoms with Gasteiger partial charge in [0.2, 0.25) is 0 Å². The fourth-order valence-electron chi connectivity index (χ4n) is 2.78. The number of hydrogen-bond donors (Lipinski definition) is 1. The number of fused-ring (bicyclic) bond motifs is 1. The van der Waals surface area contributed by atoms with Gasteiger partial charge < -0.3 is 9.67 Å². The molecule has 6 heteroatoms. The smallest absolute Gasteiger partial charge is 0.186 e. The van der Waals surface area contributed by atoms with E-state index >= 15 is 0 Å². The Hall–Kier alpha value is -2.14. The molecule has 24 heavy (non-hydrogen) atoms. The van der Waals surface area contributed by atoms with Crippen LogP contribution in [0.3, 0.4) is 0 Å². The first-order valence-electron chi connectivity index (χ1n) is 7.86. The maximum atomic E-state index is 14.1. The van der Waals surface area contributed by atoms with Crippen molar-refractivity contribution in [2.45, 2.75) is 32.7 Å². The average molecular weight is 351 g/mol. The molecule has 0 saturated heterocycles. The van der Waals surface area contributed by atoms with E-state index in [1.807, 2.05) is 4.57 Å². The lowest BCUT2D eigenvalue weighted by molar-refractivity contribution is 0.476. The number of imidazole rings is 1. The zero-order valence-electron chi connectivity index (χ0n) is 13.2. The van der Waals surface area contributed by atoms with Gasteiger partial charge in [-0.25, -0.2) is 13.8 Å². The third-order valence-corrected chi connectivity index (χ3v) is 4.23. The summed E-state index contributed by atoms with van der Waals surface area (Å²) in [6.07, 6.45) is 2.93. The molecular weight excluding hydrogens is 334 g/mol. The molecule has 0 saturated carbocycles. The highest BCUT2D eigenvalue weighted by molar-refractivity contribution is 6.30. The Morgan fingerprint density at radius 3 is 2.67 bits per heavy atom. The van der Waals surface area contributed by atoms with Crippen LogP contribution in [0.2, 0.25) is 5.02 Å². The summed E-state index contributed by atoms with van der Waals surface area (Å²) < 4.78 is 29.5. The standard InChI is InChI=1S/C18H17ClF2N2O/c1-2-3-4-9-23-14-8-7-13(20)16(21)17(14)22-18(23)12-6-5-11(19)10-15(12)24/h5-8,10,24H,2-4,9H2,1H3. The minimum Gasteiger partial charge on any atom is -0.507 e. The molecular formula is C18H17ClF2N2O. The highest BCUT2D eigenvalue weighted by Crippen LogP contribution is 2.34. The van der Waals surface area contributed by atoms with Crippen LogP contribution in [-0.4, -0.2) is 14.7 Å². The van der Waals surface area contributed by atoms with E-state index in [-0.39, 0.29) is 11.3 Å². The van der Waals surface area contributed by atoms with Crippen LogP contribution in [0.4, 0.5) is 8.78 Å². The van der Waals surface area contributed by atoms with Crippen molar-refractivity contribution in [3.8, 4) is 17.1 Å². The van der Waals surface area contributed by atoms with Crippen molar-refractivity contribution < 1.29 is 13.9 Å². The van der Waals surface area contributed by atoms with Gasteiger partial charge in [-0.2, -0.15) is 0 Å². The maximum absolute atomic E-state index is 14.1. The summed E-state index contributed by atoms with van der Waals surface area (Å²) in [5, 5.41) is 10.6. The van der Waals surface area contributed by atoms with Gasteiger partial charge in [0.15, 0.2) is 11.6 Å². The van der Waals surface area contributed by atoms with Gasteiger partial charge in [0.25, 0.3) is 0 Å². The number of halogens is 3. The molecule has 3 aromatic rings. The zero-order valence-corrected chi connectivity index (χ0v) is 13.9. The van der Waals surface area contributed by atoms with Gasteiger partial charge in [-0.3, -0.25) is 0 Å². The van der Waals surface area contributed by atoms with E-state index in [0.717, 1.165) is 25.3 Å².